The molecule has 2 aromatic rings. The van der Waals surface area contributed by atoms with Crippen LogP contribution in [0.4, 0.5) is 4.39 Å². The lowest BCUT2D eigenvalue weighted by Crippen LogP contribution is -2.30. The van der Waals surface area contributed by atoms with Gasteiger partial charge in [0.15, 0.2) is 0 Å². The summed E-state index contributed by atoms with van der Waals surface area (Å²) >= 11 is 0. The number of halogens is 1. The van der Waals surface area contributed by atoms with Gasteiger partial charge >= 0.3 is 0 Å². The summed E-state index contributed by atoms with van der Waals surface area (Å²) < 4.78 is 20.7. The van der Waals surface area contributed by atoms with Gasteiger partial charge in [-0.15, -0.1) is 6.58 Å². The van der Waals surface area contributed by atoms with Crippen LogP contribution in [-0.2, 0) is 0 Å². The Morgan fingerprint density at radius 3 is 2.47 bits per heavy atom. The largest absolute Gasteiger partial charge is 0.490 e. The van der Waals surface area contributed by atoms with Crippen molar-refractivity contribution in [3.63, 3.8) is 0 Å². The number of rotatable bonds is 7. The molecule has 2 aliphatic carbocycles. The van der Waals surface area contributed by atoms with Crippen molar-refractivity contribution in [2.75, 3.05) is 6.61 Å². The molecule has 2 aliphatic rings. The van der Waals surface area contributed by atoms with E-state index in [1.54, 1.807) is 6.07 Å². The highest BCUT2D eigenvalue weighted by atomic mass is 19.1. The van der Waals surface area contributed by atoms with Crippen molar-refractivity contribution >= 4 is 0 Å². The van der Waals surface area contributed by atoms with E-state index in [0.717, 1.165) is 59.5 Å². The molecule has 0 amide bonds. The fraction of sp³-hybridized carbons (Fsp3) is 0.438. The zero-order chi connectivity index (χ0) is 23.8. The molecule has 34 heavy (non-hydrogen) atoms. The van der Waals surface area contributed by atoms with Crippen LogP contribution in [0.5, 0.6) is 5.75 Å². The van der Waals surface area contributed by atoms with Crippen LogP contribution in [-0.4, -0.2) is 6.61 Å². The van der Waals surface area contributed by atoms with Gasteiger partial charge in [0.1, 0.15) is 18.2 Å². The lowest BCUT2D eigenvalue weighted by Gasteiger charge is -2.42. The molecular formula is C32H37FO. The SMILES string of the molecule is C=CCCC1CCC2CC(c3ccc(C#Cc4ccc(OC/C=C/C)cc4)cc3F)CCC2C1. The van der Waals surface area contributed by atoms with E-state index in [2.05, 4.69) is 24.5 Å². The molecule has 0 N–H and O–H groups in total. The Balaban J connectivity index is 1.35. The van der Waals surface area contributed by atoms with Crippen LogP contribution < -0.4 is 4.74 Å². The zero-order valence-electron chi connectivity index (χ0n) is 20.4. The van der Waals surface area contributed by atoms with Gasteiger partial charge < -0.3 is 4.74 Å². The smallest absolute Gasteiger partial charge is 0.127 e. The second-order valence-corrected chi connectivity index (χ2v) is 9.97. The van der Waals surface area contributed by atoms with E-state index >= 15 is 4.39 Å². The molecule has 2 saturated carbocycles. The van der Waals surface area contributed by atoms with E-state index in [4.69, 9.17) is 4.74 Å². The van der Waals surface area contributed by atoms with Crippen molar-refractivity contribution in [1.29, 1.82) is 0 Å². The van der Waals surface area contributed by atoms with E-state index in [0.29, 0.717) is 12.5 Å². The molecule has 178 valence electrons. The second-order valence-electron chi connectivity index (χ2n) is 9.97. The minimum absolute atomic E-state index is 0.0948. The van der Waals surface area contributed by atoms with Crippen LogP contribution >= 0.6 is 0 Å². The number of ether oxygens (including phenoxy) is 1. The van der Waals surface area contributed by atoms with Gasteiger partial charge in [-0.2, -0.15) is 0 Å². The molecule has 0 spiro atoms. The van der Waals surface area contributed by atoms with Gasteiger partial charge in [0, 0.05) is 11.1 Å². The van der Waals surface area contributed by atoms with E-state index in [1.807, 2.05) is 55.5 Å². The number of hydrogen-bond donors (Lipinski definition) is 0. The van der Waals surface area contributed by atoms with E-state index in [1.165, 1.54) is 32.1 Å². The maximum absolute atomic E-state index is 15.1. The summed E-state index contributed by atoms with van der Waals surface area (Å²) in [4.78, 5) is 0. The highest BCUT2D eigenvalue weighted by Crippen LogP contribution is 2.48. The highest BCUT2D eigenvalue weighted by Gasteiger charge is 2.36. The first kappa shape index (κ1) is 24.3. The molecule has 0 bridgehead atoms. The predicted molar refractivity (Wildman–Crippen MR) is 139 cm³/mol. The van der Waals surface area contributed by atoms with Crippen molar-refractivity contribution < 1.29 is 9.13 Å². The molecule has 2 aromatic carbocycles. The molecule has 4 atom stereocenters. The Hall–Kier alpha value is -2.79. The molecule has 2 heteroatoms. The van der Waals surface area contributed by atoms with E-state index < -0.39 is 0 Å². The van der Waals surface area contributed by atoms with Gasteiger partial charge in [-0.1, -0.05) is 42.6 Å². The fourth-order valence-electron chi connectivity index (χ4n) is 5.84. The summed E-state index contributed by atoms with van der Waals surface area (Å²) in [5.74, 6) is 9.82. The van der Waals surface area contributed by atoms with Crippen LogP contribution in [0, 0.1) is 35.4 Å². The Kier molecular flexibility index (Phi) is 8.64. The van der Waals surface area contributed by atoms with E-state index in [-0.39, 0.29) is 5.82 Å². The van der Waals surface area contributed by atoms with Gasteiger partial charge in [-0.05, 0) is 118 Å². The summed E-state index contributed by atoms with van der Waals surface area (Å²) in [5, 5.41) is 0. The molecule has 0 radical (unpaired) electrons. The summed E-state index contributed by atoms with van der Waals surface area (Å²) in [5.41, 5.74) is 2.51. The molecule has 1 nitrogen and oxygen atoms in total. The fourth-order valence-corrected chi connectivity index (χ4v) is 5.84. The molecule has 0 heterocycles. The number of benzene rings is 2. The lowest BCUT2D eigenvalue weighted by molar-refractivity contribution is 0.114. The maximum atomic E-state index is 15.1. The van der Waals surface area contributed by atoms with Crippen molar-refractivity contribution in [3.05, 3.63) is 89.8 Å². The quantitative estimate of drug-likeness (QED) is 0.300. The normalized spacial score (nSPS) is 24.2. The van der Waals surface area contributed by atoms with Gasteiger partial charge in [0.05, 0.1) is 0 Å². The van der Waals surface area contributed by atoms with Crippen LogP contribution in [0.3, 0.4) is 0 Å². The van der Waals surface area contributed by atoms with Crippen LogP contribution in [0.15, 0.2) is 67.3 Å². The number of allylic oxidation sites excluding steroid dienone is 2. The summed E-state index contributed by atoms with van der Waals surface area (Å²) in [6.45, 7) is 6.41. The van der Waals surface area contributed by atoms with Crippen LogP contribution in [0.1, 0.15) is 80.9 Å². The first-order valence-corrected chi connectivity index (χ1v) is 12.9. The topological polar surface area (TPSA) is 9.23 Å². The first-order valence-electron chi connectivity index (χ1n) is 12.9. The number of hydrogen-bond acceptors (Lipinski definition) is 1. The Morgan fingerprint density at radius 2 is 1.71 bits per heavy atom. The molecule has 4 unspecified atom stereocenters. The Bertz CT molecular complexity index is 1040. The minimum atomic E-state index is -0.0948. The summed E-state index contributed by atoms with van der Waals surface area (Å²) in [6.07, 6.45) is 15.9. The number of fused-ring (bicyclic) bond motifs is 1. The van der Waals surface area contributed by atoms with Crippen LogP contribution in [0.2, 0.25) is 0 Å². The average molecular weight is 457 g/mol. The summed E-state index contributed by atoms with van der Waals surface area (Å²) in [6, 6.07) is 13.3. The maximum Gasteiger partial charge on any atom is 0.127 e. The zero-order valence-corrected chi connectivity index (χ0v) is 20.4. The lowest BCUT2D eigenvalue weighted by atomic mass is 9.63. The predicted octanol–water partition coefficient (Wildman–Crippen LogP) is 8.45. The first-order chi connectivity index (χ1) is 16.7. The van der Waals surface area contributed by atoms with Gasteiger partial charge in [0.25, 0.3) is 0 Å². The van der Waals surface area contributed by atoms with Crippen molar-refractivity contribution in [2.24, 2.45) is 17.8 Å². The Labute approximate surface area is 205 Å². The summed E-state index contributed by atoms with van der Waals surface area (Å²) in [7, 11) is 0. The third kappa shape index (κ3) is 6.41. The van der Waals surface area contributed by atoms with Crippen molar-refractivity contribution in [2.45, 2.75) is 64.2 Å². The second kappa shape index (κ2) is 12.1. The highest BCUT2D eigenvalue weighted by molar-refractivity contribution is 5.45. The monoisotopic (exact) mass is 456 g/mol. The van der Waals surface area contributed by atoms with Crippen molar-refractivity contribution in [3.8, 4) is 17.6 Å². The third-order valence-electron chi connectivity index (χ3n) is 7.73. The molecule has 0 saturated heterocycles. The van der Waals surface area contributed by atoms with Crippen LogP contribution in [0.25, 0.3) is 0 Å². The Morgan fingerprint density at radius 1 is 0.971 bits per heavy atom. The molecule has 0 aliphatic heterocycles. The average Bonchev–Trinajstić information content (AvgIpc) is 2.87. The van der Waals surface area contributed by atoms with Gasteiger partial charge in [0.2, 0.25) is 0 Å². The standard InChI is InChI=1S/C32H37FO/c1-3-5-7-25-10-14-28-23-29(16-15-27(28)21-25)31-19-13-26(22-32(31)33)9-8-24-11-17-30(18-12-24)34-20-6-4-2/h3-4,6,11-13,17-19,22,25,27-29H,1,5,7,10,14-16,20-21,23H2,2H3/b6-4+. The molecule has 0 aromatic heterocycles. The van der Waals surface area contributed by atoms with E-state index in [9.17, 15) is 0 Å². The molecule has 2 fully saturated rings. The minimum Gasteiger partial charge on any atom is -0.490 e. The van der Waals surface area contributed by atoms with Gasteiger partial charge in [-0.3, -0.25) is 0 Å². The molecule has 4 rings (SSSR count). The third-order valence-corrected chi connectivity index (χ3v) is 7.73. The van der Waals surface area contributed by atoms with Gasteiger partial charge in [-0.25, -0.2) is 4.39 Å². The van der Waals surface area contributed by atoms with Crippen molar-refractivity contribution in [1.82, 2.24) is 0 Å². The molecular weight excluding hydrogens is 419 g/mol.